The van der Waals surface area contributed by atoms with E-state index in [0.717, 1.165) is 30.4 Å². The minimum Gasteiger partial charge on any atom is -0.393 e. The number of amides is 1. The second-order valence-corrected chi connectivity index (χ2v) is 7.32. The normalized spacial score (nSPS) is 19.5. The van der Waals surface area contributed by atoms with Gasteiger partial charge >= 0.3 is 0 Å². The van der Waals surface area contributed by atoms with Crippen molar-refractivity contribution in [1.29, 1.82) is 0 Å². The van der Waals surface area contributed by atoms with E-state index in [1.165, 1.54) is 18.3 Å². The number of carbonyl (C=O) groups is 1. The number of hydrogen-bond acceptors (Lipinski definition) is 4. The number of nitrogens with zero attached hydrogens (tertiary/aromatic N) is 1. The molecule has 4 rings (SSSR count). The number of nitrogens with one attached hydrogen (secondary N) is 1. The first-order chi connectivity index (χ1) is 13.5. The van der Waals surface area contributed by atoms with Gasteiger partial charge in [-0.15, -0.1) is 0 Å². The molecule has 1 amide bonds. The van der Waals surface area contributed by atoms with Gasteiger partial charge < -0.3 is 16.2 Å². The van der Waals surface area contributed by atoms with Crippen LogP contribution in [0.5, 0.6) is 0 Å². The van der Waals surface area contributed by atoms with Crippen molar-refractivity contribution >= 4 is 22.5 Å². The van der Waals surface area contributed by atoms with E-state index in [9.17, 15) is 14.3 Å². The highest BCUT2D eigenvalue weighted by molar-refractivity contribution is 6.09. The van der Waals surface area contributed by atoms with Gasteiger partial charge in [0.2, 0.25) is 0 Å². The van der Waals surface area contributed by atoms with Gasteiger partial charge in [-0.2, -0.15) is 0 Å². The van der Waals surface area contributed by atoms with Crippen LogP contribution in [0.15, 0.2) is 48.7 Å². The number of aliphatic hydroxyl groups is 1. The van der Waals surface area contributed by atoms with Crippen molar-refractivity contribution < 1.29 is 14.3 Å². The lowest BCUT2D eigenvalue weighted by Crippen LogP contribution is -2.39. The maximum atomic E-state index is 13.6. The van der Waals surface area contributed by atoms with E-state index >= 15 is 0 Å². The number of pyridine rings is 1. The molecular weight excluding hydrogens is 357 g/mol. The van der Waals surface area contributed by atoms with Gasteiger partial charge in [0, 0.05) is 17.6 Å². The molecule has 144 valence electrons. The average Bonchev–Trinajstić information content (AvgIpc) is 2.68. The number of aliphatic hydroxyl groups excluding tert-OH is 1. The first-order valence-corrected chi connectivity index (χ1v) is 9.44. The standard InChI is InChI=1S/C22H22FN3O2/c23-15-4-1-3-13(9-15)14-7-8-18-19(10-14)21(24)25-12-20(18)22(28)26-16-5-2-6-17(27)11-16/h1,3-4,7-10,12,16-17,27H,2,5-6,11H2,(H2,24,25)(H,26,28)/t16-,17+/m1/s1. The van der Waals surface area contributed by atoms with Crippen molar-refractivity contribution in [3.63, 3.8) is 0 Å². The SMILES string of the molecule is Nc1ncc(C(=O)N[C@@H]2CCC[C@H](O)C2)c2ccc(-c3cccc(F)c3)cc12. The van der Waals surface area contributed by atoms with E-state index in [4.69, 9.17) is 5.73 Å². The van der Waals surface area contributed by atoms with Crippen LogP contribution in [0.2, 0.25) is 0 Å². The highest BCUT2D eigenvalue weighted by atomic mass is 19.1. The zero-order valence-corrected chi connectivity index (χ0v) is 15.4. The van der Waals surface area contributed by atoms with E-state index in [1.807, 2.05) is 24.3 Å². The molecule has 4 N–H and O–H groups in total. The number of nitrogen functional groups attached to an aromatic ring is 1. The molecule has 1 aromatic heterocycles. The summed E-state index contributed by atoms with van der Waals surface area (Å²) in [5.74, 6) is -0.223. The van der Waals surface area contributed by atoms with Crippen molar-refractivity contribution in [3.8, 4) is 11.1 Å². The van der Waals surface area contributed by atoms with Gasteiger partial charge in [-0.1, -0.05) is 24.3 Å². The number of nitrogens with two attached hydrogens (primary N) is 1. The number of halogens is 1. The number of fused-ring (bicyclic) bond motifs is 1. The van der Waals surface area contributed by atoms with E-state index in [2.05, 4.69) is 10.3 Å². The van der Waals surface area contributed by atoms with Crippen LogP contribution in [-0.2, 0) is 0 Å². The predicted molar refractivity (Wildman–Crippen MR) is 107 cm³/mol. The molecule has 0 bridgehead atoms. The van der Waals surface area contributed by atoms with E-state index in [0.29, 0.717) is 28.6 Å². The maximum absolute atomic E-state index is 13.6. The number of carbonyl (C=O) groups excluding carboxylic acids is 1. The highest BCUT2D eigenvalue weighted by Gasteiger charge is 2.23. The topological polar surface area (TPSA) is 88.2 Å². The molecule has 0 aliphatic heterocycles. The number of anilines is 1. The highest BCUT2D eigenvalue weighted by Crippen LogP contribution is 2.29. The molecule has 0 spiro atoms. The average molecular weight is 379 g/mol. The maximum Gasteiger partial charge on any atom is 0.253 e. The summed E-state index contributed by atoms with van der Waals surface area (Å²) in [5, 5.41) is 14.2. The zero-order chi connectivity index (χ0) is 19.7. The van der Waals surface area contributed by atoms with Crippen LogP contribution in [-0.4, -0.2) is 28.1 Å². The van der Waals surface area contributed by atoms with E-state index in [1.54, 1.807) is 6.07 Å². The molecule has 1 saturated carbocycles. The summed E-state index contributed by atoms with van der Waals surface area (Å²) in [4.78, 5) is 17.0. The molecule has 2 aromatic carbocycles. The summed E-state index contributed by atoms with van der Waals surface area (Å²) in [6.45, 7) is 0. The largest absolute Gasteiger partial charge is 0.393 e. The lowest BCUT2D eigenvalue weighted by molar-refractivity contribution is 0.0851. The van der Waals surface area contributed by atoms with E-state index in [-0.39, 0.29) is 23.9 Å². The molecule has 1 aliphatic carbocycles. The molecule has 3 aromatic rings. The Hall–Kier alpha value is -2.99. The lowest BCUT2D eigenvalue weighted by Gasteiger charge is -2.26. The van der Waals surface area contributed by atoms with Crippen molar-refractivity contribution in [2.24, 2.45) is 0 Å². The molecule has 1 heterocycles. The monoisotopic (exact) mass is 379 g/mol. The van der Waals surface area contributed by atoms with Crippen LogP contribution in [0.3, 0.4) is 0 Å². The first kappa shape index (κ1) is 18.4. The van der Waals surface area contributed by atoms with Crippen LogP contribution < -0.4 is 11.1 Å². The van der Waals surface area contributed by atoms with E-state index < -0.39 is 0 Å². The summed E-state index contributed by atoms with van der Waals surface area (Å²) in [6.07, 6.45) is 4.21. The van der Waals surface area contributed by atoms with Crippen molar-refractivity contribution in [1.82, 2.24) is 10.3 Å². The van der Waals surface area contributed by atoms with Gasteiger partial charge in [0.15, 0.2) is 0 Å². The minimum absolute atomic E-state index is 0.0459. The Bertz CT molecular complexity index is 1040. The third-order valence-corrected chi connectivity index (χ3v) is 5.30. The van der Waals surface area contributed by atoms with Crippen LogP contribution in [0.25, 0.3) is 21.9 Å². The summed E-state index contributed by atoms with van der Waals surface area (Å²) in [5.41, 5.74) is 8.02. The van der Waals surface area contributed by atoms with Gasteiger partial charge in [-0.05, 0) is 60.4 Å². The van der Waals surface area contributed by atoms with Crippen molar-refractivity contribution in [2.75, 3.05) is 5.73 Å². The zero-order valence-electron chi connectivity index (χ0n) is 15.4. The fourth-order valence-corrected chi connectivity index (χ4v) is 3.85. The molecule has 5 nitrogen and oxygen atoms in total. The molecular formula is C22H22FN3O2. The molecule has 2 atom stereocenters. The smallest absolute Gasteiger partial charge is 0.253 e. The van der Waals surface area contributed by atoms with Crippen LogP contribution in [0.4, 0.5) is 10.2 Å². The van der Waals surface area contributed by atoms with Crippen LogP contribution in [0.1, 0.15) is 36.0 Å². The van der Waals surface area contributed by atoms with Crippen LogP contribution in [0, 0.1) is 5.82 Å². The third kappa shape index (κ3) is 3.68. The summed E-state index contributed by atoms with van der Waals surface area (Å²) < 4.78 is 13.6. The Labute approximate surface area is 162 Å². The Morgan fingerprint density at radius 2 is 1.96 bits per heavy atom. The number of aromatic nitrogens is 1. The van der Waals surface area contributed by atoms with Crippen LogP contribution >= 0.6 is 0 Å². The summed E-state index contributed by atoms with van der Waals surface area (Å²) in [7, 11) is 0. The Morgan fingerprint density at radius 1 is 1.14 bits per heavy atom. The first-order valence-electron chi connectivity index (χ1n) is 9.44. The Morgan fingerprint density at radius 3 is 2.75 bits per heavy atom. The molecule has 6 heteroatoms. The Kier molecular flexibility index (Phi) is 4.96. The molecule has 0 unspecified atom stereocenters. The molecule has 0 radical (unpaired) electrons. The number of hydrogen-bond donors (Lipinski definition) is 3. The van der Waals surface area contributed by atoms with Gasteiger partial charge in [0.1, 0.15) is 11.6 Å². The van der Waals surface area contributed by atoms with Crippen molar-refractivity contribution in [3.05, 3.63) is 60.0 Å². The number of rotatable bonds is 3. The van der Waals surface area contributed by atoms with Crippen molar-refractivity contribution in [2.45, 2.75) is 37.8 Å². The fourth-order valence-electron chi connectivity index (χ4n) is 3.85. The second kappa shape index (κ2) is 7.56. The molecule has 1 aliphatic rings. The third-order valence-electron chi connectivity index (χ3n) is 5.30. The Balaban J connectivity index is 1.68. The quantitative estimate of drug-likeness (QED) is 0.648. The molecule has 28 heavy (non-hydrogen) atoms. The minimum atomic E-state index is -0.367. The van der Waals surface area contributed by atoms with Gasteiger partial charge in [-0.25, -0.2) is 9.37 Å². The second-order valence-electron chi connectivity index (χ2n) is 7.32. The predicted octanol–water partition coefficient (Wildman–Crippen LogP) is 3.66. The fraction of sp³-hybridized carbons (Fsp3) is 0.273. The molecule has 1 fully saturated rings. The van der Waals surface area contributed by atoms with Gasteiger partial charge in [0.25, 0.3) is 5.91 Å². The van der Waals surface area contributed by atoms with Gasteiger partial charge in [0.05, 0.1) is 11.7 Å². The summed E-state index contributed by atoms with van der Waals surface area (Å²) >= 11 is 0. The summed E-state index contributed by atoms with van der Waals surface area (Å²) in [6, 6.07) is 11.8. The number of benzene rings is 2. The molecule has 0 saturated heterocycles. The van der Waals surface area contributed by atoms with Gasteiger partial charge in [-0.3, -0.25) is 4.79 Å². The lowest BCUT2D eigenvalue weighted by atomic mass is 9.92.